The molecular weight excluding hydrogens is 410 g/mol. The van der Waals surface area contributed by atoms with Crippen LogP contribution >= 0.6 is 0 Å². The molecule has 33 heavy (non-hydrogen) atoms. The Bertz CT molecular complexity index is 1060. The smallest absolute Gasteiger partial charge is 0.220 e. The Morgan fingerprint density at radius 1 is 1.00 bits per heavy atom. The fourth-order valence-electron chi connectivity index (χ4n) is 4.48. The molecule has 1 heterocycles. The zero-order valence-electron chi connectivity index (χ0n) is 19.9. The van der Waals surface area contributed by atoms with Gasteiger partial charge in [-0.1, -0.05) is 68.4 Å². The molecule has 0 saturated heterocycles. The second kappa shape index (κ2) is 11.7. The molecule has 1 unspecified atom stereocenters. The van der Waals surface area contributed by atoms with Crippen LogP contribution in [-0.4, -0.2) is 51.9 Å². The van der Waals surface area contributed by atoms with E-state index >= 15 is 0 Å². The Balaban J connectivity index is 0.000000331. The van der Waals surface area contributed by atoms with Crippen molar-refractivity contribution in [3.05, 3.63) is 77.1 Å². The van der Waals surface area contributed by atoms with Crippen LogP contribution in [0.3, 0.4) is 0 Å². The molecule has 0 spiro atoms. The van der Waals surface area contributed by atoms with Crippen molar-refractivity contribution in [3.63, 3.8) is 0 Å². The number of likely N-dealkylation sites (N-methyl/N-ethyl adjacent to an activating group) is 1. The topological polar surface area (TPSA) is 99.1 Å². The molecule has 1 aromatic heterocycles. The minimum Gasteiger partial charge on any atom is -0.395 e. The second-order valence-corrected chi connectivity index (χ2v) is 8.28. The highest BCUT2D eigenvalue weighted by Gasteiger charge is 2.28. The van der Waals surface area contributed by atoms with Crippen molar-refractivity contribution in [1.82, 2.24) is 14.9 Å². The van der Waals surface area contributed by atoms with Crippen LogP contribution in [-0.2, 0) is 6.42 Å². The van der Waals surface area contributed by atoms with Gasteiger partial charge in [-0.15, -0.1) is 0 Å². The van der Waals surface area contributed by atoms with E-state index in [1.54, 1.807) is 0 Å². The number of aliphatic hydroxyl groups is 1. The van der Waals surface area contributed by atoms with Crippen LogP contribution in [0.4, 0.5) is 5.95 Å². The molecule has 0 fully saturated rings. The Morgan fingerprint density at radius 3 is 2.30 bits per heavy atom. The highest BCUT2D eigenvalue weighted by molar-refractivity contribution is 6.01. The van der Waals surface area contributed by atoms with E-state index in [1.807, 2.05) is 13.0 Å². The third-order valence-corrected chi connectivity index (χ3v) is 6.17. The van der Waals surface area contributed by atoms with E-state index in [-0.39, 0.29) is 12.5 Å². The van der Waals surface area contributed by atoms with E-state index in [0.717, 1.165) is 43.0 Å². The number of aryl methyl sites for hydroxylation is 1. The molecule has 1 aliphatic rings. The van der Waals surface area contributed by atoms with Crippen LogP contribution < -0.4 is 5.73 Å². The first-order valence-electron chi connectivity index (χ1n) is 11.7. The predicted octanol–water partition coefficient (Wildman–Crippen LogP) is 4.45. The number of hydrogen-bond donors (Lipinski definition) is 3. The van der Waals surface area contributed by atoms with Crippen molar-refractivity contribution in [3.8, 4) is 11.1 Å². The number of nitrogen functional groups attached to an aromatic ring is 1. The molecule has 2 aromatic carbocycles. The van der Waals surface area contributed by atoms with E-state index in [4.69, 9.17) is 16.2 Å². The first-order chi connectivity index (χ1) is 16.0. The van der Waals surface area contributed by atoms with E-state index in [2.05, 4.69) is 77.2 Å². The zero-order chi connectivity index (χ0) is 23.8. The molecule has 6 nitrogen and oxygen atoms in total. The van der Waals surface area contributed by atoms with E-state index in [0.29, 0.717) is 18.1 Å². The summed E-state index contributed by atoms with van der Waals surface area (Å²) < 4.78 is 0. The summed E-state index contributed by atoms with van der Waals surface area (Å²) in [6, 6.07) is 18.9. The molecule has 0 amide bonds. The zero-order valence-corrected chi connectivity index (χ0v) is 19.9. The molecule has 0 aliphatic heterocycles. The summed E-state index contributed by atoms with van der Waals surface area (Å²) in [7, 11) is 0. The summed E-state index contributed by atoms with van der Waals surface area (Å²) in [5.41, 5.74) is 12.7. The summed E-state index contributed by atoms with van der Waals surface area (Å²) in [4.78, 5) is 10.8. The molecule has 0 saturated carbocycles. The van der Waals surface area contributed by atoms with Crippen molar-refractivity contribution in [1.29, 1.82) is 5.41 Å². The van der Waals surface area contributed by atoms with Crippen LogP contribution in [0.25, 0.3) is 11.1 Å². The largest absolute Gasteiger partial charge is 0.395 e. The fraction of sp³-hybridized carbons (Fsp3) is 0.370. The van der Waals surface area contributed by atoms with Gasteiger partial charge in [-0.2, -0.15) is 0 Å². The van der Waals surface area contributed by atoms with Crippen LogP contribution in [0.1, 0.15) is 48.7 Å². The number of anilines is 1. The number of nitrogens with two attached hydrogens (primary N) is 1. The summed E-state index contributed by atoms with van der Waals surface area (Å²) in [6.07, 6.45) is 1.49. The van der Waals surface area contributed by atoms with Crippen LogP contribution in [0.15, 0.2) is 54.6 Å². The average molecular weight is 446 g/mol. The molecule has 1 aliphatic carbocycles. The van der Waals surface area contributed by atoms with E-state index in [1.165, 1.54) is 16.7 Å². The maximum Gasteiger partial charge on any atom is 0.220 e. The molecule has 4 rings (SSSR count). The van der Waals surface area contributed by atoms with Gasteiger partial charge in [0.25, 0.3) is 0 Å². The van der Waals surface area contributed by atoms with E-state index < -0.39 is 0 Å². The van der Waals surface area contributed by atoms with Crippen LogP contribution in [0.5, 0.6) is 0 Å². The number of aromatic nitrogens is 2. The normalized spacial score (nSPS) is 15.1. The quantitative estimate of drug-likeness (QED) is 0.520. The molecule has 3 aromatic rings. The summed E-state index contributed by atoms with van der Waals surface area (Å²) >= 11 is 0. The van der Waals surface area contributed by atoms with Crippen LogP contribution in [0.2, 0.25) is 0 Å². The van der Waals surface area contributed by atoms with Gasteiger partial charge in [0.1, 0.15) is 0 Å². The molecule has 1 atom stereocenters. The highest BCUT2D eigenvalue weighted by Crippen LogP contribution is 2.37. The third kappa shape index (κ3) is 6.03. The lowest BCUT2D eigenvalue weighted by molar-refractivity contribution is 0.208. The fourth-order valence-corrected chi connectivity index (χ4v) is 4.48. The van der Waals surface area contributed by atoms with Gasteiger partial charge in [0, 0.05) is 17.8 Å². The summed E-state index contributed by atoms with van der Waals surface area (Å²) in [5, 5.41) is 17.0. The van der Waals surface area contributed by atoms with Gasteiger partial charge in [0.2, 0.25) is 5.95 Å². The minimum absolute atomic E-state index is 0.227. The van der Waals surface area contributed by atoms with Gasteiger partial charge in [-0.25, -0.2) is 9.97 Å². The van der Waals surface area contributed by atoms with Gasteiger partial charge in [0.15, 0.2) is 0 Å². The average Bonchev–Trinajstić information content (AvgIpc) is 2.82. The number of nitrogens with zero attached hydrogens (tertiary/aromatic N) is 3. The van der Waals surface area contributed by atoms with Gasteiger partial charge in [-0.3, -0.25) is 0 Å². The summed E-state index contributed by atoms with van der Waals surface area (Å²) in [5.74, 6) is 0.520. The molecule has 0 radical (unpaired) electrons. The Kier molecular flexibility index (Phi) is 8.69. The first kappa shape index (κ1) is 24.6. The number of nitrogens with one attached hydrogen (secondary N) is 1. The Morgan fingerprint density at radius 2 is 1.67 bits per heavy atom. The molecule has 6 heteroatoms. The lowest BCUT2D eigenvalue weighted by Crippen LogP contribution is -2.25. The molecule has 0 bridgehead atoms. The SMILES string of the molecule is CCN(CC)CCO.Cc1nc(N)nc2c1C(=N)CC(c1ccccc1-c1ccccc1)C2. The number of hydrogen-bond acceptors (Lipinski definition) is 6. The van der Waals surface area contributed by atoms with Gasteiger partial charge >= 0.3 is 0 Å². The number of fused-ring (bicyclic) bond motifs is 1. The lowest BCUT2D eigenvalue weighted by Gasteiger charge is -2.27. The Labute approximate surface area is 197 Å². The maximum atomic E-state index is 8.52. The molecular formula is C27H35N5O. The Hall–Kier alpha value is -3.09. The van der Waals surface area contributed by atoms with Crippen molar-refractivity contribution >= 4 is 11.7 Å². The van der Waals surface area contributed by atoms with Gasteiger partial charge in [-0.05, 0) is 55.5 Å². The highest BCUT2D eigenvalue weighted by atomic mass is 16.3. The lowest BCUT2D eigenvalue weighted by atomic mass is 9.78. The first-order valence-corrected chi connectivity index (χ1v) is 11.7. The number of aliphatic hydroxyl groups excluding tert-OH is 1. The van der Waals surface area contributed by atoms with Crippen molar-refractivity contribution in [2.45, 2.75) is 39.5 Å². The number of benzene rings is 2. The summed E-state index contributed by atoms with van der Waals surface area (Å²) in [6.45, 7) is 9.27. The maximum absolute atomic E-state index is 8.52. The third-order valence-electron chi connectivity index (χ3n) is 6.17. The van der Waals surface area contributed by atoms with Crippen molar-refractivity contribution in [2.75, 3.05) is 32.0 Å². The van der Waals surface area contributed by atoms with E-state index in [9.17, 15) is 0 Å². The van der Waals surface area contributed by atoms with Crippen molar-refractivity contribution in [2.24, 2.45) is 0 Å². The minimum atomic E-state index is 0.227. The molecule has 4 N–H and O–H groups in total. The standard InChI is InChI=1S/C21H20N4.C6H15NO/c1-13-20-18(22)11-15(12-19(20)25-21(23)24-13)17-10-6-5-9-16(17)14-7-3-2-4-8-14;1-3-7(4-2)5-6-8/h2-10,15,22H,11-12H2,1H3,(H2,23,24,25);8H,3-6H2,1-2H3. The molecule has 174 valence electrons. The van der Waals surface area contributed by atoms with Crippen LogP contribution in [0, 0.1) is 12.3 Å². The van der Waals surface area contributed by atoms with Gasteiger partial charge < -0.3 is 21.1 Å². The monoisotopic (exact) mass is 445 g/mol. The predicted molar refractivity (Wildman–Crippen MR) is 136 cm³/mol. The van der Waals surface area contributed by atoms with Gasteiger partial charge in [0.05, 0.1) is 18.0 Å². The second-order valence-electron chi connectivity index (χ2n) is 8.28. The number of rotatable bonds is 6. The van der Waals surface area contributed by atoms with Crippen molar-refractivity contribution < 1.29 is 5.11 Å².